The smallest absolute Gasteiger partial charge is 0.270 e. The quantitative estimate of drug-likeness (QED) is 0.694. The molecule has 0 radical (unpaired) electrons. The van der Waals surface area contributed by atoms with Gasteiger partial charge in [-0.15, -0.1) is 0 Å². The number of nitrogens with one attached hydrogen (secondary N) is 2. The highest BCUT2D eigenvalue weighted by Gasteiger charge is 2.12. The molecule has 2 N–H and O–H groups in total. The van der Waals surface area contributed by atoms with Crippen molar-refractivity contribution in [2.75, 3.05) is 11.9 Å². The Labute approximate surface area is 153 Å². The van der Waals surface area contributed by atoms with Gasteiger partial charge in [-0.05, 0) is 42.3 Å². The van der Waals surface area contributed by atoms with Crippen molar-refractivity contribution in [2.45, 2.75) is 6.42 Å². The Balaban J connectivity index is 1.62. The molecule has 0 unspecified atom stereocenters. The molecule has 138 valence electrons. The van der Waals surface area contributed by atoms with Gasteiger partial charge in [-0.2, -0.15) is 0 Å². The minimum atomic E-state index is -0.798. The summed E-state index contributed by atoms with van der Waals surface area (Å²) in [5.41, 5.74) is 0.520. The molecule has 1 aromatic heterocycles. The highest BCUT2D eigenvalue weighted by molar-refractivity contribution is 5.92. The van der Waals surface area contributed by atoms with Gasteiger partial charge in [0.05, 0.1) is 0 Å². The van der Waals surface area contributed by atoms with Crippen molar-refractivity contribution in [3.05, 3.63) is 83.4 Å². The average Bonchev–Trinajstić information content (AvgIpc) is 2.66. The van der Waals surface area contributed by atoms with Crippen LogP contribution in [0.25, 0.3) is 0 Å². The first kappa shape index (κ1) is 18.4. The van der Waals surface area contributed by atoms with Crippen LogP contribution in [0.2, 0.25) is 0 Å². The predicted octanol–water partition coefficient (Wildman–Crippen LogP) is 3.61. The Bertz CT molecular complexity index is 928. The zero-order chi connectivity index (χ0) is 19.2. The van der Waals surface area contributed by atoms with E-state index in [1.54, 1.807) is 12.1 Å². The Kier molecular flexibility index (Phi) is 5.65. The maximum atomic E-state index is 13.7. The molecule has 8 heteroatoms. The summed E-state index contributed by atoms with van der Waals surface area (Å²) in [5, 5.41) is 5.11. The van der Waals surface area contributed by atoms with Crippen LogP contribution in [0.1, 0.15) is 16.1 Å². The standard InChI is InChI=1S/C19H15F3N4O/c20-13-6-4-12(5-7-13)8-10-23-18(27)16-9-11-24-19(25-16)26-17-14(21)2-1-3-15(17)22/h1-7,9,11H,8,10H2,(H,23,27)(H,24,25,26). The lowest BCUT2D eigenvalue weighted by Crippen LogP contribution is -2.26. The largest absolute Gasteiger partial charge is 0.350 e. The molecule has 3 rings (SSSR count). The van der Waals surface area contributed by atoms with Gasteiger partial charge in [-0.1, -0.05) is 18.2 Å². The second kappa shape index (κ2) is 8.31. The summed E-state index contributed by atoms with van der Waals surface area (Å²) >= 11 is 0. The number of carbonyl (C=O) groups excluding carboxylic acids is 1. The van der Waals surface area contributed by atoms with Gasteiger partial charge < -0.3 is 10.6 Å². The second-order valence-electron chi connectivity index (χ2n) is 5.62. The van der Waals surface area contributed by atoms with E-state index in [-0.39, 0.29) is 17.5 Å². The number of carbonyl (C=O) groups is 1. The number of benzene rings is 2. The number of hydrogen-bond acceptors (Lipinski definition) is 4. The van der Waals surface area contributed by atoms with Gasteiger partial charge in [0.1, 0.15) is 28.8 Å². The molecule has 5 nitrogen and oxygen atoms in total. The maximum Gasteiger partial charge on any atom is 0.270 e. The number of aromatic nitrogens is 2. The number of para-hydroxylation sites is 1. The number of anilines is 2. The molecule has 2 aromatic carbocycles. The van der Waals surface area contributed by atoms with Crippen LogP contribution >= 0.6 is 0 Å². The number of rotatable bonds is 6. The molecular weight excluding hydrogens is 357 g/mol. The molecule has 0 aliphatic heterocycles. The molecule has 0 saturated heterocycles. The van der Waals surface area contributed by atoms with E-state index in [9.17, 15) is 18.0 Å². The topological polar surface area (TPSA) is 66.9 Å². The maximum absolute atomic E-state index is 13.7. The molecule has 0 fully saturated rings. The molecule has 0 spiro atoms. The van der Waals surface area contributed by atoms with Gasteiger partial charge in [-0.25, -0.2) is 23.1 Å². The predicted molar refractivity (Wildman–Crippen MR) is 94.1 cm³/mol. The Morgan fingerprint density at radius 1 is 0.963 bits per heavy atom. The van der Waals surface area contributed by atoms with E-state index in [2.05, 4.69) is 20.6 Å². The first-order valence-corrected chi connectivity index (χ1v) is 8.09. The third-order valence-corrected chi connectivity index (χ3v) is 3.70. The van der Waals surface area contributed by atoms with Gasteiger partial charge >= 0.3 is 0 Å². The minimum Gasteiger partial charge on any atom is -0.350 e. The monoisotopic (exact) mass is 372 g/mol. The van der Waals surface area contributed by atoms with E-state index in [1.165, 1.54) is 30.5 Å². The lowest BCUT2D eigenvalue weighted by Gasteiger charge is -2.09. The molecule has 3 aromatic rings. The Hall–Kier alpha value is -3.42. The van der Waals surface area contributed by atoms with Crippen molar-refractivity contribution in [3.8, 4) is 0 Å². The summed E-state index contributed by atoms with van der Waals surface area (Å²) in [5.74, 6) is -2.49. The summed E-state index contributed by atoms with van der Waals surface area (Å²) in [6.07, 6.45) is 1.83. The highest BCUT2D eigenvalue weighted by atomic mass is 19.1. The van der Waals surface area contributed by atoms with Crippen molar-refractivity contribution < 1.29 is 18.0 Å². The molecule has 0 atom stereocenters. The SMILES string of the molecule is O=C(NCCc1ccc(F)cc1)c1ccnc(Nc2c(F)cccc2F)n1. The van der Waals surface area contributed by atoms with Crippen molar-refractivity contribution in [2.24, 2.45) is 0 Å². The van der Waals surface area contributed by atoms with Crippen LogP contribution < -0.4 is 10.6 Å². The first-order chi connectivity index (χ1) is 13.0. The van der Waals surface area contributed by atoms with Crippen LogP contribution in [-0.4, -0.2) is 22.4 Å². The summed E-state index contributed by atoms with van der Waals surface area (Å²) < 4.78 is 40.2. The molecular formula is C19H15F3N4O. The number of hydrogen-bond donors (Lipinski definition) is 2. The molecule has 1 amide bonds. The highest BCUT2D eigenvalue weighted by Crippen LogP contribution is 2.21. The fourth-order valence-corrected chi connectivity index (χ4v) is 2.34. The Morgan fingerprint density at radius 3 is 2.37 bits per heavy atom. The summed E-state index contributed by atoms with van der Waals surface area (Å²) in [7, 11) is 0. The normalized spacial score (nSPS) is 10.5. The number of amides is 1. The number of halogens is 3. The van der Waals surface area contributed by atoms with Crippen LogP contribution in [0, 0.1) is 17.5 Å². The number of nitrogens with zero attached hydrogens (tertiary/aromatic N) is 2. The van der Waals surface area contributed by atoms with E-state index >= 15 is 0 Å². The van der Waals surface area contributed by atoms with E-state index in [4.69, 9.17) is 0 Å². The summed E-state index contributed by atoms with van der Waals surface area (Å²) in [6, 6.07) is 10.8. The van der Waals surface area contributed by atoms with Crippen LogP contribution in [0.15, 0.2) is 54.7 Å². The molecule has 0 bridgehead atoms. The van der Waals surface area contributed by atoms with Gasteiger partial charge in [0.2, 0.25) is 5.95 Å². The molecule has 1 heterocycles. The average molecular weight is 372 g/mol. The zero-order valence-electron chi connectivity index (χ0n) is 14.0. The third kappa shape index (κ3) is 4.81. The van der Waals surface area contributed by atoms with Crippen LogP contribution in [0.3, 0.4) is 0 Å². The van der Waals surface area contributed by atoms with Crippen molar-refractivity contribution >= 4 is 17.5 Å². The van der Waals surface area contributed by atoms with E-state index in [1.807, 2.05) is 0 Å². The molecule has 27 heavy (non-hydrogen) atoms. The summed E-state index contributed by atoms with van der Waals surface area (Å²) in [4.78, 5) is 20.0. The molecule has 0 aliphatic rings. The van der Waals surface area contributed by atoms with Crippen molar-refractivity contribution in [3.63, 3.8) is 0 Å². The van der Waals surface area contributed by atoms with E-state index < -0.39 is 23.2 Å². The fraction of sp³-hybridized carbons (Fsp3) is 0.105. The van der Waals surface area contributed by atoms with Gasteiger partial charge in [0.25, 0.3) is 5.91 Å². The molecule has 0 aliphatic carbocycles. The lowest BCUT2D eigenvalue weighted by atomic mass is 10.1. The van der Waals surface area contributed by atoms with E-state index in [0.29, 0.717) is 13.0 Å². The van der Waals surface area contributed by atoms with Crippen LogP contribution in [0.4, 0.5) is 24.8 Å². The van der Waals surface area contributed by atoms with Crippen molar-refractivity contribution in [1.29, 1.82) is 0 Å². The van der Waals surface area contributed by atoms with Crippen LogP contribution in [0.5, 0.6) is 0 Å². The second-order valence-corrected chi connectivity index (χ2v) is 5.62. The van der Waals surface area contributed by atoms with Crippen molar-refractivity contribution in [1.82, 2.24) is 15.3 Å². The van der Waals surface area contributed by atoms with Gasteiger partial charge in [0, 0.05) is 12.7 Å². The van der Waals surface area contributed by atoms with Gasteiger partial charge in [0.15, 0.2) is 0 Å². The van der Waals surface area contributed by atoms with Crippen LogP contribution in [-0.2, 0) is 6.42 Å². The first-order valence-electron chi connectivity index (χ1n) is 8.09. The van der Waals surface area contributed by atoms with Gasteiger partial charge in [-0.3, -0.25) is 4.79 Å². The lowest BCUT2D eigenvalue weighted by molar-refractivity contribution is 0.0949. The fourth-order valence-electron chi connectivity index (χ4n) is 2.34. The van der Waals surface area contributed by atoms with E-state index in [0.717, 1.165) is 17.7 Å². The zero-order valence-corrected chi connectivity index (χ0v) is 14.0. The molecule has 0 saturated carbocycles. The third-order valence-electron chi connectivity index (χ3n) is 3.70. The summed E-state index contributed by atoms with van der Waals surface area (Å²) in [6.45, 7) is 0.319. The Morgan fingerprint density at radius 2 is 1.67 bits per heavy atom. The minimum absolute atomic E-state index is 0.0448.